The van der Waals surface area contributed by atoms with E-state index in [1.54, 1.807) is 0 Å². The lowest BCUT2D eigenvalue weighted by Gasteiger charge is -2.28. The topological polar surface area (TPSA) is 67.0 Å². The summed E-state index contributed by atoms with van der Waals surface area (Å²) < 4.78 is 0. The van der Waals surface area contributed by atoms with Crippen LogP contribution < -0.4 is 29.4 Å². The molecule has 16 aromatic carbocycles. The molecule has 0 bridgehead atoms. The Morgan fingerprint density at radius 3 is 0.860 bits per heavy atom. The predicted octanol–water partition coefficient (Wildman–Crippen LogP) is 26.7. The summed E-state index contributed by atoms with van der Waals surface area (Å²) in [6.45, 7) is 0. The highest BCUT2D eigenvalue weighted by atomic mass is 15.2. The van der Waals surface area contributed by atoms with E-state index >= 15 is 0 Å². The van der Waals surface area contributed by atoms with E-state index in [9.17, 15) is 5.26 Å². The molecule has 8 nitrogen and oxygen atoms in total. The Kier molecular flexibility index (Phi) is 21.8. The first kappa shape index (κ1) is 69.6. The van der Waals surface area contributed by atoms with E-state index < -0.39 is 0 Å². The molecular formula is C99H78N8. The third-order valence-corrected chi connectivity index (χ3v) is 19.0. The van der Waals surface area contributed by atoms with Crippen LogP contribution in [0.3, 0.4) is 0 Å². The second kappa shape index (κ2) is 33.6. The number of hydrogen-bond donors (Lipinski definition) is 0. The Morgan fingerprint density at radius 1 is 0.187 bits per heavy atom. The number of hydrogen-bond acceptors (Lipinski definition) is 8. The van der Waals surface area contributed by atoms with Gasteiger partial charge < -0.3 is 29.4 Å². The molecule has 0 unspecified atom stereocenters. The molecule has 0 N–H and O–H groups in total. The summed E-state index contributed by atoms with van der Waals surface area (Å²) in [6, 6.07) is 150. The van der Waals surface area contributed by atoms with Gasteiger partial charge in [0.15, 0.2) is 0 Å². The van der Waals surface area contributed by atoms with Gasteiger partial charge in [0.25, 0.3) is 0 Å². The normalized spacial score (nSPS) is 10.6. The number of anilines is 15. The van der Waals surface area contributed by atoms with E-state index in [4.69, 9.17) is 5.26 Å². The summed E-state index contributed by atoms with van der Waals surface area (Å²) >= 11 is 0. The van der Waals surface area contributed by atoms with Crippen LogP contribution in [-0.2, 0) is 0 Å². The van der Waals surface area contributed by atoms with Gasteiger partial charge in [0.05, 0.1) is 29.0 Å². The highest BCUT2D eigenvalue weighted by Crippen LogP contribution is 2.43. The SMILES string of the molecule is CN(c1ccc(C#N)cc1)c1ccc(N(c2ccccc2)c2cccc(-c3ccccc3)c2)cc1.CN(c1ccc(N(c2ccccc2)c2cccc(-c3ccccc3)c2)cc1)c1cccc(C#N)c1.CN(c1ccccc1)c1ccc(N(c2cccc(-c3ccccc3)c2)c2cccc3ccccc23)cc1. The first-order chi connectivity index (χ1) is 52.7. The minimum Gasteiger partial charge on any atom is -0.345 e. The Balaban J connectivity index is 0.000000135. The maximum Gasteiger partial charge on any atom is 0.0992 e. The molecule has 0 atom stereocenters. The lowest BCUT2D eigenvalue weighted by atomic mass is 10.0. The van der Waals surface area contributed by atoms with Crippen LogP contribution in [0.2, 0.25) is 0 Å². The molecule has 107 heavy (non-hydrogen) atoms. The van der Waals surface area contributed by atoms with Crippen LogP contribution in [0.1, 0.15) is 11.1 Å². The van der Waals surface area contributed by atoms with Gasteiger partial charge in [0.1, 0.15) is 0 Å². The maximum absolute atomic E-state index is 9.25. The molecule has 0 aromatic heterocycles. The van der Waals surface area contributed by atoms with Gasteiger partial charge in [-0.3, -0.25) is 0 Å². The minimum atomic E-state index is 0.652. The van der Waals surface area contributed by atoms with Crippen molar-refractivity contribution in [2.45, 2.75) is 0 Å². The third-order valence-electron chi connectivity index (χ3n) is 19.0. The van der Waals surface area contributed by atoms with E-state index in [0.717, 1.165) is 85.3 Å². The molecule has 0 aliphatic rings. The average molecular weight is 1380 g/mol. The first-order valence-electron chi connectivity index (χ1n) is 35.7. The van der Waals surface area contributed by atoms with Crippen LogP contribution in [0, 0.1) is 22.7 Å². The van der Waals surface area contributed by atoms with Crippen LogP contribution in [-0.4, -0.2) is 21.1 Å². The fourth-order valence-corrected chi connectivity index (χ4v) is 13.4. The van der Waals surface area contributed by atoms with Crippen molar-refractivity contribution in [1.29, 1.82) is 10.5 Å². The second-order valence-corrected chi connectivity index (χ2v) is 25.8. The highest BCUT2D eigenvalue weighted by Gasteiger charge is 2.20. The Hall–Kier alpha value is -14.4. The number of benzene rings is 16. The quantitative estimate of drug-likeness (QED) is 0.0842. The van der Waals surface area contributed by atoms with Gasteiger partial charge >= 0.3 is 0 Å². The van der Waals surface area contributed by atoms with E-state index in [2.05, 4.69) is 388 Å². The number of para-hydroxylation sites is 3. The molecule has 0 aliphatic carbocycles. The van der Waals surface area contributed by atoms with Crippen molar-refractivity contribution >= 4 is 96.1 Å². The standard InChI is InChI=1S/C35H28N2.2C32H25N3/c1-36(30-17-6-3-7-18-30)31-22-24-32(25-23-31)37(35-21-11-15-28-14-8-9-20-34(28)35)33-19-10-16-29(26-33)27-12-4-2-5-13-27;1-34(31-16-8-10-25(22-31)24-33)28-18-20-30(21-19-28)35(29-14-6-3-7-15-29)32-17-9-13-27(23-32)26-11-4-2-5-12-26;1-34(28-17-15-25(24-33)16-18-28)29-19-21-31(22-20-29)35(30-12-6-3-7-13-30)32-14-8-11-27(23-32)26-9-4-2-5-10-26/h2-26H,1H3;2*2-23H,1H3. The maximum atomic E-state index is 9.25. The summed E-state index contributed by atoms with van der Waals surface area (Å²) in [6.07, 6.45) is 0. The van der Waals surface area contributed by atoms with Crippen molar-refractivity contribution in [3.05, 3.63) is 430 Å². The highest BCUT2D eigenvalue weighted by molar-refractivity contribution is 5.99. The van der Waals surface area contributed by atoms with Gasteiger partial charge in [-0.1, -0.05) is 224 Å². The fraction of sp³-hybridized carbons (Fsp3) is 0.0303. The number of rotatable bonds is 18. The molecule has 0 amide bonds. The van der Waals surface area contributed by atoms with Crippen LogP contribution in [0.25, 0.3) is 44.2 Å². The molecule has 0 spiro atoms. The summed E-state index contributed by atoms with van der Waals surface area (Å²) in [4.78, 5) is 13.3. The van der Waals surface area contributed by atoms with Crippen molar-refractivity contribution < 1.29 is 0 Å². The zero-order valence-electron chi connectivity index (χ0n) is 59.9. The Morgan fingerprint density at radius 2 is 0.449 bits per heavy atom. The smallest absolute Gasteiger partial charge is 0.0992 e. The van der Waals surface area contributed by atoms with Gasteiger partial charge in [-0.25, -0.2) is 0 Å². The van der Waals surface area contributed by atoms with Gasteiger partial charge in [-0.05, 0) is 233 Å². The lowest BCUT2D eigenvalue weighted by molar-refractivity contribution is 1.20. The molecule has 16 rings (SSSR count). The molecule has 16 aromatic rings. The molecule has 0 saturated heterocycles. The molecule has 0 fully saturated rings. The summed E-state index contributed by atoms with van der Waals surface area (Å²) in [7, 11) is 6.16. The van der Waals surface area contributed by atoms with Gasteiger partial charge in [-0.15, -0.1) is 0 Å². The molecule has 0 radical (unpaired) electrons. The Bertz CT molecular complexity index is 5630. The van der Waals surface area contributed by atoms with Crippen LogP contribution in [0.4, 0.5) is 85.3 Å². The van der Waals surface area contributed by atoms with E-state index in [1.165, 1.54) is 44.2 Å². The van der Waals surface area contributed by atoms with Crippen LogP contribution in [0.15, 0.2) is 419 Å². The minimum absolute atomic E-state index is 0.652. The first-order valence-corrected chi connectivity index (χ1v) is 35.7. The Labute approximate surface area is 628 Å². The van der Waals surface area contributed by atoms with E-state index in [1.807, 2.05) is 93.0 Å². The molecule has 0 aliphatic heterocycles. The van der Waals surface area contributed by atoms with Gasteiger partial charge in [0, 0.05) is 106 Å². The van der Waals surface area contributed by atoms with Crippen LogP contribution >= 0.6 is 0 Å². The van der Waals surface area contributed by atoms with Crippen molar-refractivity contribution in [3.63, 3.8) is 0 Å². The lowest BCUT2D eigenvalue weighted by Crippen LogP contribution is -2.12. The summed E-state index contributed by atoms with van der Waals surface area (Å²) in [5.41, 5.74) is 24.9. The molecular weight excluding hydrogens is 1300 g/mol. The zero-order valence-corrected chi connectivity index (χ0v) is 59.9. The van der Waals surface area contributed by atoms with Crippen molar-refractivity contribution in [1.82, 2.24) is 0 Å². The van der Waals surface area contributed by atoms with Crippen molar-refractivity contribution in [2.24, 2.45) is 0 Å². The zero-order chi connectivity index (χ0) is 73.1. The molecule has 514 valence electrons. The monoisotopic (exact) mass is 1380 g/mol. The second-order valence-electron chi connectivity index (χ2n) is 25.8. The number of nitriles is 2. The average Bonchev–Trinajstić information content (AvgIpc) is 0.779. The van der Waals surface area contributed by atoms with E-state index in [0.29, 0.717) is 11.1 Å². The molecule has 0 heterocycles. The predicted molar refractivity (Wildman–Crippen MR) is 450 cm³/mol. The number of fused-ring (bicyclic) bond motifs is 1. The van der Waals surface area contributed by atoms with Gasteiger partial charge in [-0.2, -0.15) is 10.5 Å². The summed E-state index contributed by atoms with van der Waals surface area (Å²) in [5, 5.41) is 20.8. The largest absolute Gasteiger partial charge is 0.345 e. The van der Waals surface area contributed by atoms with Crippen LogP contribution in [0.5, 0.6) is 0 Å². The van der Waals surface area contributed by atoms with E-state index in [-0.39, 0.29) is 0 Å². The molecule has 8 heteroatoms. The summed E-state index contributed by atoms with van der Waals surface area (Å²) in [5.74, 6) is 0. The fourth-order valence-electron chi connectivity index (χ4n) is 13.4. The van der Waals surface area contributed by atoms with Gasteiger partial charge in [0.2, 0.25) is 0 Å². The van der Waals surface area contributed by atoms with Crippen molar-refractivity contribution in [3.8, 4) is 45.5 Å². The number of nitrogens with zero attached hydrogens (tertiary/aromatic N) is 8. The third kappa shape index (κ3) is 16.6. The molecule has 0 saturated carbocycles. The van der Waals surface area contributed by atoms with Crippen molar-refractivity contribution in [2.75, 3.05) is 50.5 Å².